The van der Waals surface area contributed by atoms with Gasteiger partial charge in [0, 0.05) is 17.5 Å². The second-order valence-electron chi connectivity index (χ2n) is 5.52. The number of rotatable bonds is 3. The van der Waals surface area contributed by atoms with Crippen LogP contribution in [0.15, 0.2) is 18.2 Å². The molecule has 3 rings (SSSR count). The Kier molecular flexibility index (Phi) is 3.01. The third kappa shape index (κ3) is 2.23. The van der Waals surface area contributed by atoms with Crippen LogP contribution >= 0.6 is 0 Å². The van der Waals surface area contributed by atoms with Crippen molar-refractivity contribution < 1.29 is 9.59 Å². The van der Waals surface area contributed by atoms with Gasteiger partial charge in [-0.05, 0) is 55.4 Å². The number of hydrogen-bond acceptors (Lipinski definition) is 2. The van der Waals surface area contributed by atoms with E-state index in [4.69, 9.17) is 5.73 Å². The largest absolute Gasteiger partial charge is 0.369 e. The van der Waals surface area contributed by atoms with Crippen LogP contribution < -0.4 is 11.1 Å². The quantitative estimate of drug-likeness (QED) is 0.864. The number of aryl methyl sites for hydroxylation is 2. The molecule has 0 radical (unpaired) electrons. The molecule has 1 fully saturated rings. The van der Waals surface area contributed by atoms with Gasteiger partial charge in [0.1, 0.15) is 0 Å². The first-order chi connectivity index (χ1) is 9.15. The molecule has 3 N–H and O–H groups in total. The second-order valence-corrected chi connectivity index (χ2v) is 5.52. The maximum absolute atomic E-state index is 12.1. The number of hydrogen-bond donors (Lipinski definition) is 2. The molecule has 1 aromatic carbocycles. The minimum absolute atomic E-state index is 0.0759. The van der Waals surface area contributed by atoms with E-state index >= 15 is 0 Å². The van der Waals surface area contributed by atoms with Crippen LogP contribution in [0.25, 0.3) is 0 Å². The lowest BCUT2D eigenvalue weighted by Gasteiger charge is -2.32. The van der Waals surface area contributed by atoms with E-state index in [-0.39, 0.29) is 23.7 Å². The van der Waals surface area contributed by atoms with Crippen molar-refractivity contribution in [3.05, 3.63) is 29.3 Å². The third-order valence-corrected chi connectivity index (χ3v) is 4.34. The van der Waals surface area contributed by atoms with Crippen LogP contribution in [-0.4, -0.2) is 11.8 Å². The number of anilines is 1. The first-order valence-electron chi connectivity index (χ1n) is 6.87. The average Bonchev–Trinajstić information content (AvgIpc) is 2.73. The van der Waals surface area contributed by atoms with E-state index in [0.717, 1.165) is 31.4 Å². The molecule has 0 heterocycles. The van der Waals surface area contributed by atoms with Gasteiger partial charge in [0.15, 0.2) is 0 Å². The van der Waals surface area contributed by atoms with E-state index in [1.165, 1.54) is 17.5 Å². The third-order valence-electron chi connectivity index (χ3n) is 4.34. The summed E-state index contributed by atoms with van der Waals surface area (Å²) in [6, 6.07) is 6.09. The van der Waals surface area contributed by atoms with Crippen LogP contribution in [0.5, 0.6) is 0 Å². The van der Waals surface area contributed by atoms with E-state index < -0.39 is 0 Å². The molecular weight excluding hydrogens is 240 g/mol. The van der Waals surface area contributed by atoms with Crippen molar-refractivity contribution >= 4 is 17.5 Å². The smallest absolute Gasteiger partial charge is 0.228 e. The van der Waals surface area contributed by atoms with Gasteiger partial charge in [0.25, 0.3) is 0 Å². The van der Waals surface area contributed by atoms with Gasteiger partial charge in [-0.15, -0.1) is 0 Å². The van der Waals surface area contributed by atoms with Crippen LogP contribution in [0.2, 0.25) is 0 Å². The Balaban J connectivity index is 1.68. The lowest BCUT2D eigenvalue weighted by atomic mass is 9.72. The lowest BCUT2D eigenvalue weighted by Crippen LogP contribution is -2.43. The van der Waals surface area contributed by atoms with Crippen LogP contribution in [0.1, 0.15) is 30.4 Å². The molecule has 2 aliphatic carbocycles. The number of carbonyl (C=O) groups excluding carboxylic acids is 2. The van der Waals surface area contributed by atoms with Gasteiger partial charge < -0.3 is 11.1 Å². The summed E-state index contributed by atoms with van der Waals surface area (Å²) in [6.45, 7) is 0. The van der Waals surface area contributed by atoms with Crippen molar-refractivity contribution in [3.63, 3.8) is 0 Å². The van der Waals surface area contributed by atoms with Crippen LogP contribution in [0.3, 0.4) is 0 Å². The second kappa shape index (κ2) is 4.68. The zero-order valence-corrected chi connectivity index (χ0v) is 10.8. The van der Waals surface area contributed by atoms with Crippen molar-refractivity contribution in [2.45, 2.75) is 32.1 Å². The Morgan fingerprint density at radius 2 is 1.84 bits per heavy atom. The van der Waals surface area contributed by atoms with Gasteiger partial charge in [0.2, 0.25) is 11.8 Å². The SMILES string of the molecule is NC(=O)[C@@H]1CC[C@@H]1C(=O)Nc1ccc2c(c1)CCC2. The molecule has 0 saturated heterocycles. The number of carbonyl (C=O) groups is 2. The molecule has 0 aliphatic heterocycles. The number of primary amides is 1. The van der Waals surface area contributed by atoms with Gasteiger partial charge in [-0.1, -0.05) is 6.07 Å². The van der Waals surface area contributed by atoms with Crippen molar-refractivity contribution in [2.24, 2.45) is 17.6 Å². The Hall–Kier alpha value is -1.84. The van der Waals surface area contributed by atoms with Crippen LogP contribution in [0.4, 0.5) is 5.69 Å². The molecule has 2 aliphatic rings. The molecule has 4 nitrogen and oxygen atoms in total. The minimum Gasteiger partial charge on any atom is -0.369 e. The number of nitrogens with two attached hydrogens (primary N) is 1. The highest BCUT2D eigenvalue weighted by Gasteiger charge is 2.40. The molecule has 19 heavy (non-hydrogen) atoms. The summed E-state index contributed by atoms with van der Waals surface area (Å²) >= 11 is 0. The van der Waals surface area contributed by atoms with Crippen molar-refractivity contribution in [1.29, 1.82) is 0 Å². The number of nitrogens with one attached hydrogen (secondary N) is 1. The summed E-state index contributed by atoms with van der Waals surface area (Å²) < 4.78 is 0. The van der Waals surface area contributed by atoms with E-state index in [0.29, 0.717) is 0 Å². The maximum atomic E-state index is 12.1. The van der Waals surface area contributed by atoms with E-state index in [9.17, 15) is 9.59 Å². The molecule has 2 amide bonds. The van der Waals surface area contributed by atoms with E-state index in [1.807, 2.05) is 6.07 Å². The molecule has 0 bridgehead atoms. The molecule has 4 heteroatoms. The lowest BCUT2D eigenvalue weighted by molar-refractivity contribution is -0.135. The molecule has 2 atom stereocenters. The first-order valence-corrected chi connectivity index (χ1v) is 6.87. The fourth-order valence-electron chi connectivity index (χ4n) is 3.04. The van der Waals surface area contributed by atoms with Crippen molar-refractivity contribution in [3.8, 4) is 0 Å². The summed E-state index contributed by atoms with van der Waals surface area (Å²) in [5.74, 6) is -0.964. The van der Waals surface area contributed by atoms with Crippen molar-refractivity contribution in [2.75, 3.05) is 5.32 Å². The average molecular weight is 258 g/mol. The fraction of sp³-hybridized carbons (Fsp3) is 0.467. The zero-order chi connectivity index (χ0) is 13.4. The topological polar surface area (TPSA) is 72.2 Å². The number of amides is 2. The van der Waals surface area contributed by atoms with Gasteiger partial charge >= 0.3 is 0 Å². The van der Waals surface area contributed by atoms with Crippen molar-refractivity contribution in [1.82, 2.24) is 0 Å². The van der Waals surface area contributed by atoms with Crippen LogP contribution in [-0.2, 0) is 22.4 Å². The summed E-state index contributed by atoms with van der Waals surface area (Å²) in [5, 5.41) is 2.91. The maximum Gasteiger partial charge on any atom is 0.228 e. The highest BCUT2D eigenvalue weighted by atomic mass is 16.2. The highest BCUT2D eigenvalue weighted by molar-refractivity contribution is 5.97. The van der Waals surface area contributed by atoms with Gasteiger partial charge in [-0.3, -0.25) is 9.59 Å². The monoisotopic (exact) mass is 258 g/mol. The van der Waals surface area contributed by atoms with Gasteiger partial charge in [0.05, 0.1) is 0 Å². The van der Waals surface area contributed by atoms with Gasteiger partial charge in [-0.25, -0.2) is 0 Å². The first kappa shape index (κ1) is 12.2. The highest BCUT2D eigenvalue weighted by Crippen LogP contribution is 2.35. The molecule has 0 spiro atoms. The zero-order valence-electron chi connectivity index (χ0n) is 10.8. The molecule has 1 aromatic rings. The summed E-state index contributed by atoms with van der Waals surface area (Å²) in [5.41, 5.74) is 8.83. The molecule has 100 valence electrons. The Morgan fingerprint density at radius 1 is 1.11 bits per heavy atom. The number of fused-ring (bicyclic) bond motifs is 1. The molecular formula is C15H18N2O2. The van der Waals surface area contributed by atoms with E-state index in [1.54, 1.807) is 0 Å². The Labute approximate surface area is 112 Å². The molecule has 0 unspecified atom stereocenters. The Morgan fingerprint density at radius 3 is 2.53 bits per heavy atom. The predicted molar refractivity (Wildman–Crippen MR) is 72.5 cm³/mol. The summed E-state index contributed by atoms with van der Waals surface area (Å²) in [4.78, 5) is 23.2. The standard InChI is InChI=1S/C15H18N2O2/c16-14(18)12-6-7-13(12)15(19)17-11-5-4-9-2-1-3-10(9)8-11/h4-5,8,12-13H,1-3,6-7H2,(H2,16,18)(H,17,19)/t12-,13+/m1/s1. The molecule has 0 aromatic heterocycles. The van der Waals surface area contributed by atoms with Crippen LogP contribution in [0, 0.1) is 11.8 Å². The fourth-order valence-corrected chi connectivity index (χ4v) is 3.04. The Bertz CT molecular complexity index is 539. The van der Waals surface area contributed by atoms with E-state index in [2.05, 4.69) is 17.4 Å². The summed E-state index contributed by atoms with van der Waals surface area (Å²) in [6.07, 6.45) is 4.91. The molecule has 1 saturated carbocycles. The van der Waals surface area contributed by atoms with Gasteiger partial charge in [-0.2, -0.15) is 0 Å². The summed E-state index contributed by atoms with van der Waals surface area (Å²) in [7, 11) is 0. The number of benzene rings is 1. The minimum atomic E-state index is -0.361. The normalized spacial score (nSPS) is 24.4. The predicted octanol–water partition coefficient (Wildman–Crippen LogP) is 1.63.